The molecule has 0 atom stereocenters. The fourth-order valence-corrected chi connectivity index (χ4v) is 2.76. The van der Waals surface area contributed by atoms with Gasteiger partial charge in [0.05, 0.1) is 0 Å². The van der Waals surface area contributed by atoms with Crippen LogP contribution in [-0.2, 0) is 6.54 Å². The smallest absolute Gasteiger partial charge is 0.131 e. The van der Waals surface area contributed by atoms with Gasteiger partial charge in [0.1, 0.15) is 5.82 Å². The SMILES string of the molecule is CCCNCc1cnc(N2CCC(C)(C)C2)c(C)c1. The van der Waals surface area contributed by atoms with Gasteiger partial charge in [0.25, 0.3) is 0 Å². The molecule has 106 valence electrons. The van der Waals surface area contributed by atoms with Gasteiger partial charge in [-0.15, -0.1) is 0 Å². The first-order valence-electron chi connectivity index (χ1n) is 7.43. The molecule has 3 heteroatoms. The molecule has 1 saturated heterocycles. The number of rotatable bonds is 5. The lowest BCUT2D eigenvalue weighted by molar-refractivity contribution is 0.418. The maximum atomic E-state index is 4.69. The van der Waals surface area contributed by atoms with Gasteiger partial charge in [0, 0.05) is 25.8 Å². The van der Waals surface area contributed by atoms with Crippen LogP contribution in [0.5, 0.6) is 0 Å². The van der Waals surface area contributed by atoms with Crippen LogP contribution in [0.15, 0.2) is 12.3 Å². The molecule has 3 nitrogen and oxygen atoms in total. The van der Waals surface area contributed by atoms with Crippen molar-refractivity contribution >= 4 is 5.82 Å². The molecule has 0 spiro atoms. The number of nitrogens with one attached hydrogen (secondary N) is 1. The molecule has 19 heavy (non-hydrogen) atoms. The number of nitrogens with zero attached hydrogens (tertiary/aromatic N) is 2. The van der Waals surface area contributed by atoms with Gasteiger partial charge in [-0.1, -0.05) is 20.8 Å². The van der Waals surface area contributed by atoms with Crippen molar-refractivity contribution < 1.29 is 0 Å². The highest BCUT2D eigenvalue weighted by atomic mass is 15.2. The molecule has 0 aliphatic carbocycles. The number of aromatic nitrogens is 1. The molecular weight excluding hydrogens is 234 g/mol. The maximum absolute atomic E-state index is 4.69. The van der Waals surface area contributed by atoms with Gasteiger partial charge in [-0.3, -0.25) is 0 Å². The summed E-state index contributed by atoms with van der Waals surface area (Å²) in [6.45, 7) is 13.3. The van der Waals surface area contributed by atoms with Crippen molar-refractivity contribution in [2.75, 3.05) is 24.5 Å². The van der Waals surface area contributed by atoms with Crippen molar-refractivity contribution in [2.24, 2.45) is 5.41 Å². The molecule has 1 N–H and O–H groups in total. The van der Waals surface area contributed by atoms with Crippen molar-refractivity contribution in [1.29, 1.82) is 0 Å². The fourth-order valence-electron chi connectivity index (χ4n) is 2.76. The zero-order valence-corrected chi connectivity index (χ0v) is 12.8. The second-order valence-electron chi connectivity index (χ2n) is 6.50. The summed E-state index contributed by atoms with van der Waals surface area (Å²) in [6.07, 6.45) is 4.46. The highest BCUT2D eigenvalue weighted by molar-refractivity contribution is 5.48. The average molecular weight is 261 g/mol. The normalized spacial score (nSPS) is 18.0. The van der Waals surface area contributed by atoms with Crippen LogP contribution in [-0.4, -0.2) is 24.6 Å². The van der Waals surface area contributed by atoms with E-state index in [0.717, 1.165) is 26.2 Å². The zero-order valence-electron chi connectivity index (χ0n) is 12.8. The minimum atomic E-state index is 0.426. The van der Waals surface area contributed by atoms with Crippen LogP contribution in [0, 0.1) is 12.3 Å². The van der Waals surface area contributed by atoms with E-state index in [-0.39, 0.29) is 0 Å². The van der Waals surface area contributed by atoms with E-state index in [4.69, 9.17) is 4.98 Å². The Morgan fingerprint density at radius 2 is 2.21 bits per heavy atom. The topological polar surface area (TPSA) is 28.2 Å². The molecule has 1 fully saturated rings. The van der Waals surface area contributed by atoms with E-state index >= 15 is 0 Å². The zero-order chi connectivity index (χ0) is 13.9. The van der Waals surface area contributed by atoms with Crippen molar-refractivity contribution in [3.8, 4) is 0 Å². The Hall–Kier alpha value is -1.09. The third kappa shape index (κ3) is 3.69. The van der Waals surface area contributed by atoms with Gasteiger partial charge >= 0.3 is 0 Å². The Balaban J connectivity index is 2.03. The fraction of sp³-hybridized carbons (Fsp3) is 0.688. The minimum Gasteiger partial charge on any atom is -0.356 e. The second kappa shape index (κ2) is 5.91. The summed E-state index contributed by atoms with van der Waals surface area (Å²) in [5.41, 5.74) is 3.01. The van der Waals surface area contributed by atoms with Crippen LogP contribution >= 0.6 is 0 Å². The highest BCUT2D eigenvalue weighted by Crippen LogP contribution is 2.32. The van der Waals surface area contributed by atoms with Gasteiger partial charge in [-0.05, 0) is 48.9 Å². The third-order valence-corrected chi connectivity index (χ3v) is 3.84. The van der Waals surface area contributed by atoms with Crippen LogP contribution in [0.3, 0.4) is 0 Å². The predicted octanol–water partition coefficient (Wildman–Crippen LogP) is 3.13. The lowest BCUT2D eigenvalue weighted by atomic mass is 9.93. The first-order chi connectivity index (χ1) is 9.02. The van der Waals surface area contributed by atoms with Crippen molar-refractivity contribution in [3.05, 3.63) is 23.4 Å². The summed E-state index contributed by atoms with van der Waals surface area (Å²) in [5.74, 6) is 1.17. The number of aryl methyl sites for hydroxylation is 1. The van der Waals surface area contributed by atoms with E-state index in [0.29, 0.717) is 5.41 Å². The number of pyridine rings is 1. The van der Waals surface area contributed by atoms with Crippen LogP contribution in [0.1, 0.15) is 44.7 Å². The van der Waals surface area contributed by atoms with Gasteiger partial charge < -0.3 is 10.2 Å². The Labute approximate surface area is 117 Å². The molecule has 0 amide bonds. The van der Waals surface area contributed by atoms with E-state index in [2.05, 4.69) is 44.0 Å². The van der Waals surface area contributed by atoms with E-state index in [1.807, 2.05) is 6.20 Å². The predicted molar refractivity (Wildman–Crippen MR) is 81.6 cm³/mol. The van der Waals surface area contributed by atoms with E-state index in [9.17, 15) is 0 Å². The summed E-state index contributed by atoms with van der Waals surface area (Å²) >= 11 is 0. The monoisotopic (exact) mass is 261 g/mol. The van der Waals surface area contributed by atoms with Crippen molar-refractivity contribution in [1.82, 2.24) is 10.3 Å². The summed E-state index contributed by atoms with van der Waals surface area (Å²) in [6, 6.07) is 2.27. The Morgan fingerprint density at radius 1 is 1.42 bits per heavy atom. The quantitative estimate of drug-likeness (QED) is 0.825. The van der Waals surface area contributed by atoms with Gasteiger partial charge in [-0.2, -0.15) is 0 Å². The summed E-state index contributed by atoms with van der Waals surface area (Å²) in [4.78, 5) is 7.12. The van der Waals surface area contributed by atoms with Crippen LogP contribution < -0.4 is 10.2 Å². The highest BCUT2D eigenvalue weighted by Gasteiger charge is 2.30. The van der Waals surface area contributed by atoms with Crippen LogP contribution in [0.25, 0.3) is 0 Å². The molecule has 1 aromatic heterocycles. The molecular formula is C16H27N3. The molecule has 0 radical (unpaired) electrons. The van der Waals surface area contributed by atoms with Crippen LogP contribution in [0.2, 0.25) is 0 Å². The number of hydrogen-bond acceptors (Lipinski definition) is 3. The molecule has 0 aromatic carbocycles. The van der Waals surface area contributed by atoms with Crippen molar-refractivity contribution in [3.63, 3.8) is 0 Å². The molecule has 2 rings (SSSR count). The molecule has 0 unspecified atom stereocenters. The van der Waals surface area contributed by atoms with E-state index in [1.54, 1.807) is 0 Å². The molecule has 0 saturated carbocycles. The van der Waals surface area contributed by atoms with Gasteiger partial charge in [0.2, 0.25) is 0 Å². The molecule has 1 aromatic rings. The Morgan fingerprint density at radius 3 is 2.79 bits per heavy atom. The molecule has 2 heterocycles. The summed E-state index contributed by atoms with van der Waals surface area (Å²) < 4.78 is 0. The average Bonchev–Trinajstić information content (AvgIpc) is 2.70. The van der Waals surface area contributed by atoms with Crippen molar-refractivity contribution in [2.45, 2.75) is 47.1 Å². The van der Waals surface area contributed by atoms with E-state index < -0.39 is 0 Å². The van der Waals surface area contributed by atoms with E-state index in [1.165, 1.54) is 29.8 Å². The van der Waals surface area contributed by atoms with Gasteiger partial charge in [0.15, 0.2) is 0 Å². The minimum absolute atomic E-state index is 0.426. The first-order valence-corrected chi connectivity index (χ1v) is 7.43. The number of anilines is 1. The Kier molecular flexibility index (Phi) is 4.46. The molecule has 1 aliphatic rings. The standard InChI is InChI=1S/C16H27N3/c1-5-7-17-10-14-9-13(2)15(18-11-14)19-8-6-16(3,4)12-19/h9,11,17H,5-8,10,12H2,1-4H3. The third-order valence-electron chi connectivity index (χ3n) is 3.84. The van der Waals surface area contributed by atoms with Crippen LogP contribution in [0.4, 0.5) is 5.82 Å². The lowest BCUT2D eigenvalue weighted by Gasteiger charge is -2.22. The molecule has 0 bridgehead atoms. The molecule has 1 aliphatic heterocycles. The van der Waals surface area contributed by atoms with Gasteiger partial charge in [-0.25, -0.2) is 4.98 Å². The number of hydrogen-bond donors (Lipinski definition) is 1. The summed E-state index contributed by atoms with van der Waals surface area (Å²) in [7, 11) is 0. The largest absolute Gasteiger partial charge is 0.356 e. The maximum Gasteiger partial charge on any atom is 0.131 e. The Bertz CT molecular complexity index is 426. The lowest BCUT2D eigenvalue weighted by Crippen LogP contribution is -2.24. The summed E-state index contributed by atoms with van der Waals surface area (Å²) in [5, 5.41) is 3.43. The second-order valence-corrected chi connectivity index (χ2v) is 6.50. The first kappa shape index (κ1) is 14.3.